The molecule has 2 aromatic rings. The predicted molar refractivity (Wildman–Crippen MR) is 80.7 cm³/mol. The van der Waals surface area contributed by atoms with Crippen molar-refractivity contribution in [3.63, 3.8) is 0 Å². The van der Waals surface area contributed by atoms with Crippen LogP contribution >= 0.6 is 11.6 Å². The Hall–Kier alpha value is -1.39. The van der Waals surface area contributed by atoms with Crippen molar-refractivity contribution in [2.45, 2.75) is 32.6 Å². The molecule has 1 aliphatic heterocycles. The molecule has 20 heavy (non-hydrogen) atoms. The zero-order valence-corrected chi connectivity index (χ0v) is 12.6. The maximum Gasteiger partial charge on any atom is 0.142 e. The Bertz CT molecular complexity index is 614. The normalized spacial score (nSPS) is 19.2. The standard InChI is InChI=1S/C15H19ClN4/c1-10-5-6-13(16)8-14(10)20-11(2)18-19-15(20)12-4-3-7-17-9-12/h5-6,8,12,17H,3-4,7,9H2,1-2H3. The molecule has 1 N–H and O–H groups in total. The van der Waals surface area contributed by atoms with Gasteiger partial charge in [0.15, 0.2) is 0 Å². The van der Waals surface area contributed by atoms with E-state index < -0.39 is 0 Å². The molecule has 0 spiro atoms. The SMILES string of the molecule is Cc1ccc(Cl)cc1-n1c(C)nnc1C1CCCNC1. The van der Waals surface area contributed by atoms with Crippen LogP contribution in [0.1, 0.15) is 36.0 Å². The first-order chi connectivity index (χ1) is 9.66. The Morgan fingerprint density at radius 3 is 2.90 bits per heavy atom. The number of halogens is 1. The maximum atomic E-state index is 6.16. The molecular weight excluding hydrogens is 272 g/mol. The molecular formula is C15H19ClN4. The molecule has 1 unspecified atom stereocenters. The fourth-order valence-electron chi connectivity index (χ4n) is 2.84. The molecule has 0 saturated carbocycles. The fraction of sp³-hybridized carbons (Fsp3) is 0.467. The van der Waals surface area contributed by atoms with Gasteiger partial charge in [-0.15, -0.1) is 10.2 Å². The van der Waals surface area contributed by atoms with E-state index in [4.69, 9.17) is 11.6 Å². The summed E-state index contributed by atoms with van der Waals surface area (Å²) < 4.78 is 2.15. The zero-order chi connectivity index (χ0) is 14.1. The number of aromatic nitrogens is 3. The number of benzene rings is 1. The van der Waals surface area contributed by atoms with Gasteiger partial charge in [0.2, 0.25) is 0 Å². The minimum Gasteiger partial charge on any atom is -0.316 e. The van der Waals surface area contributed by atoms with E-state index in [0.29, 0.717) is 5.92 Å². The van der Waals surface area contributed by atoms with E-state index in [-0.39, 0.29) is 0 Å². The summed E-state index contributed by atoms with van der Waals surface area (Å²) in [6.07, 6.45) is 2.34. The Labute approximate surface area is 124 Å². The van der Waals surface area contributed by atoms with Crippen molar-refractivity contribution >= 4 is 11.6 Å². The van der Waals surface area contributed by atoms with Crippen molar-refractivity contribution in [3.05, 3.63) is 40.4 Å². The van der Waals surface area contributed by atoms with Crippen LogP contribution < -0.4 is 5.32 Å². The first-order valence-corrected chi connectivity index (χ1v) is 7.44. The number of aryl methyl sites for hydroxylation is 2. The minimum absolute atomic E-state index is 0.420. The summed E-state index contributed by atoms with van der Waals surface area (Å²) in [6.45, 7) is 6.15. The van der Waals surface area contributed by atoms with E-state index in [1.165, 1.54) is 12.0 Å². The Kier molecular flexibility index (Phi) is 3.76. The average molecular weight is 291 g/mol. The highest BCUT2D eigenvalue weighted by Gasteiger charge is 2.23. The molecule has 0 aliphatic carbocycles. The molecule has 1 atom stereocenters. The number of piperidine rings is 1. The van der Waals surface area contributed by atoms with Gasteiger partial charge in [-0.05, 0) is 50.9 Å². The van der Waals surface area contributed by atoms with E-state index in [1.54, 1.807) is 0 Å². The van der Waals surface area contributed by atoms with Crippen LogP contribution in [0, 0.1) is 13.8 Å². The van der Waals surface area contributed by atoms with E-state index in [1.807, 2.05) is 25.1 Å². The third-order valence-electron chi connectivity index (χ3n) is 3.92. The lowest BCUT2D eigenvalue weighted by Gasteiger charge is -2.23. The van der Waals surface area contributed by atoms with Crippen molar-refractivity contribution in [3.8, 4) is 5.69 Å². The van der Waals surface area contributed by atoms with Crippen LogP contribution in [-0.2, 0) is 0 Å². The highest BCUT2D eigenvalue weighted by atomic mass is 35.5. The minimum atomic E-state index is 0.420. The second-order valence-electron chi connectivity index (χ2n) is 5.41. The van der Waals surface area contributed by atoms with Gasteiger partial charge in [0.25, 0.3) is 0 Å². The second kappa shape index (κ2) is 5.54. The van der Waals surface area contributed by atoms with E-state index in [9.17, 15) is 0 Å². The molecule has 4 nitrogen and oxygen atoms in total. The monoisotopic (exact) mass is 290 g/mol. The lowest BCUT2D eigenvalue weighted by Crippen LogP contribution is -2.30. The van der Waals surface area contributed by atoms with E-state index in [2.05, 4.69) is 27.0 Å². The summed E-state index contributed by atoms with van der Waals surface area (Å²) in [5, 5.41) is 12.9. The van der Waals surface area contributed by atoms with Crippen molar-refractivity contribution in [1.29, 1.82) is 0 Å². The smallest absolute Gasteiger partial charge is 0.142 e. The number of hydrogen-bond donors (Lipinski definition) is 1. The maximum absolute atomic E-state index is 6.16. The van der Waals surface area contributed by atoms with Gasteiger partial charge in [-0.25, -0.2) is 0 Å². The van der Waals surface area contributed by atoms with Crippen molar-refractivity contribution in [2.24, 2.45) is 0 Å². The Balaban J connectivity index is 2.08. The van der Waals surface area contributed by atoms with Gasteiger partial charge in [0.05, 0.1) is 5.69 Å². The molecule has 1 fully saturated rings. The molecule has 0 amide bonds. The molecule has 0 radical (unpaired) electrons. The molecule has 3 rings (SSSR count). The topological polar surface area (TPSA) is 42.7 Å². The molecule has 5 heteroatoms. The fourth-order valence-corrected chi connectivity index (χ4v) is 3.00. The highest BCUT2D eigenvalue weighted by molar-refractivity contribution is 6.30. The largest absolute Gasteiger partial charge is 0.316 e. The number of rotatable bonds is 2. The van der Waals surface area contributed by atoms with Gasteiger partial charge < -0.3 is 5.32 Å². The van der Waals surface area contributed by atoms with Crippen LogP contribution in [0.15, 0.2) is 18.2 Å². The molecule has 2 heterocycles. The average Bonchev–Trinajstić information content (AvgIpc) is 2.84. The summed E-state index contributed by atoms with van der Waals surface area (Å²) in [7, 11) is 0. The summed E-state index contributed by atoms with van der Waals surface area (Å²) >= 11 is 6.16. The van der Waals surface area contributed by atoms with Crippen molar-refractivity contribution < 1.29 is 0 Å². The zero-order valence-electron chi connectivity index (χ0n) is 11.9. The van der Waals surface area contributed by atoms with Gasteiger partial charge in [-0.3, -0.25) is 4.57 Å². The summed E-state index contributed by atoms with van der Waals surface area (Å²) in [5.74, 6) is 2.37. The van der Waals surface area contributed by atoms with Crippen molar-refractivity contribution in [1.82, 2.24) is 20.1 Å². The summed E-state index contributed by atoms with van der Waals surface area (Å²) in [4.78, 5) is 0. The van der Waals surface area contributed by atoms with Crippen LogP contribution in [0.3, 0.4) is 0 Å². The predicted octanol–water partition coefficient (Wildman–Crippen LogP) is 3.00. The quantitative estimate of drug-likeness (QED) is 0.924. The van der Waals surface area contributed by atoms with Crippen LogP contribution in [0.2, 0.25) is 5.02 Å². The molecule has 1 aromatic heterocycles. The van der Waals surface area contributed by atoms with E-state index in [0.717, 1.165) is 41.9 Å². The van der Waals surface area contributed by atoms with Crippen LogP contribution in [0.4, 0.5) is 0 Å². The second-order valence-corrected chi connectivity index (χ2v) is 5.85. The Morgan fingerprint density at radius 1 is 1.30 bits per heavy atom. The third kappa shape index (κ3) is 2.45. The molecule has 1 aliphatic rings. The van der Waals surface area contributed by atoms with Gasteiger partial charge >= 0.3 is 0 Å². The molecule has 106 valence electrons. The van der Waals surface area contributed by atoms with Crippen molar-refractivity contribution in [2.75, 3.05) is 13.1 Å². The van der Waals surface area contributed by atoms with Gasteiger partial charge in [-0.1, -0.05) is 17.7 Å². The number of nitrogens with one attached hydrogen (secondary N) is 1. The third-order valence-corrected chi connectivity index (χ3v) is 4.16. The van der Waals surface area contributed by atoms with Gasteiger partial charge in [-0.2, -0.15) is 0 Å². The van der Waals surface area contributed by atoms with Gasteiger partial charge in [0, 0.05) is 17.5 Å². The Morgan fingerprint density at radius 2 is 2.15 bits per heavy atom. The van der Waals surface area contributed by atoms with Gasteiger partial charge in [0.1, 0.15) is 11.6 Å². The van der Waals surface area contributed by atoms with Crippen LogP contribution in [0.25, 0.3) is 5.69 Å². The lowest BCUT2D eigenvalue weighted by atomic mass is 9.98. The highest BCUT2D eigenvalue weighted by Crippen LogP contribution is 2.27. The molecule has 0 bridgehead atoms. The van der Waals surface area contributed by atoms with Crippen LogP contribution in [-0.4, -0.2) is 27.9 Å². The number of nitrogens with zero attached hydrogens (tertiary/aromatic N) is 3. The summed E-state index contributed by atoms with van der Waals surface area (Å²) in [5.41, 5.74) is 2.27. The first kappa shape index (κ1) is 13.6. The molecule has 1 aromatic carbocycles. The summed E-state index contributed by atoms with van der Waals surface area (Å²) in [6, 6.07) is 5.95. The first-order valence-electron chi connectivity index (χ1n) is 7.06. The van der Waals surface area contributed by atoms with Crippen LogP contribution in [0.5, 0.6) is 0 Å². The number of hydrogen-bond acceptors (Lipinski definition) is 3. The van der Waals surface area contributed by atoms with E-state index >= 15 is 0 Å². The lowest BCUT2D eigenvalue weighted by molar-refractivity contribution is 0.442. The molecule has 1 saturated heterocycles.